The molecular formula is C17H13N3O2S. The first-order valence-corrected chi connectivity index (χ1v) is 7.82. The van der Waals surface area contributed by atoms with Crippen molar-refractivity contribution in [2.45, 2.75) is 6.92 Å². The van der Waals surface area contributed by atoms with Gasteiger partial charge in [0.1, 0.15) is 16.5 Å². The van der Waals surface area contributed by atoms with Crippen LogP contribution in [0.15, 0.2) is 30.3 Å². The molecule has 0 spiro atoms. The molecule has 0 fully saturated rings. The van der Waals surface area contributed by atoms with Gasteiger partial charge in [-0.1, -0.05) is 30.3 Å². The second-order valence-electron chi connectivity index (χ2n) is 4.76. The van der Waals surface area contributed by atoms with Crippen LogP contribution >= 0.6 is 11.3 Å². The van der Waals surface area contributed by atoms with Crippen molar-refractivity contribution in [3.05, 3.63) is 40.8 Å². The van der Waals surface area contributed by atoms with E-state index in [0.29, 0.717) is 44.8 Å². The fourth-order valence-electron chi connectivity index (χ4n) is 2.47. The van der Waals surface area contributed by atoms with Crippen molar-refractivity contribution in [2.75, 3.05) is 12.3 Å². The number of carbonyl (C=O) groups excluding carboxylic acids is 1. The molecule has 3 rings (SSSR count). The molecule has 0 bridgehead atoms. The van der Waals surface area contributed by atoms with E-state index in [1.54, 1.807) is 0 Å². The highest BCUT2D eigenvalue weighted by atomic mass is 32.1. The second kappa shape index (κ2) is 6.07. The molecule has 5 nitrogen and oxygen atoms in total. The van der Waals surface area contributed by atoms with Gasteiger partial charge in [-0.15, -0.1) is 11.3 Å². The van der Waals surface area contributed by atoms with E-state index in [1.807, 2.05) is 37.3 Å². The number of anilines is 1. The van der Waals surface area contributed by atoms with Crippen molar-refractivity contribution >= 4 is 33.5 Å². The maximum absolute atomic E-state index is 11.2. The maximum Gasteiger partial charge on any atom is 0.233 e. The Morgan fingerprint density at radius 1 is 1.39 bits per heavy atom. The Morgan fingerprint density at radius 2 is 2.13 bits per heavy atom. The summed E-state index contributed by atoms with van der Waals surface area (Å²) in [5, 5.41) is 10.3. The lowest BCUT2D eigenvalue weighted by Gasteiger charge is -2.11. The number of carbonyl (C=O) groups is 1. The van der Waals surface area contributed by atoms with Crippen LogP contribution in [0.5, 0.6) is 5.88 Å². The number of hydrogen-bond donors (Lipinski definition) is 1. The summed E-state index contributed by atoms with van der Waals surface area (Å²) >= 11 is 1.20. The van der Waals surface area contributed by atoms with Crippen LogP contribution in [0.4, 0.5) is 5.69 Å². The van der Waals surface area contributed by atoms with Crippen LogP contribution in [0.25, 0.3) is 21.3 Å². The van der Waals surface area contributed by atoms with Crippen LogP contribution in [0, 0.1) is 11.3 Å². The maximum atomic E-state index is 11.2. The molecular weight excluding hydrogens is 310 g/mol. The van der Waals surface area contributed by atoms with Gasteiger partial charge in [0, 0.05) is 10.9 Å². The quantitative estimate of drug-likeness (QED) is 0.741. The number of benzene rings is 1. The summed E-state index contributed by atoms with van der Waals surface area (Å²) in [7, 11) is 0. The van der Waals surface area contributed by atoms with Crippen LogP contribution in [0.3, 0.4) is 0 Å². The van der Waals surface area contributed by atoms with Gasteiger partial charge in [-0.2, -0.15) is 5.26 Å². The van der Waals surface area contributed by atoms with Crippen LogP contribution in [-0.2, 0) is 0 Å². The van der Waals surface area contributed by atoms with Gasteiger partial charge in [-0.25, -0.2) is 4.98 Å². The van der Waals surface area contributed by atoms with Gasteiger partial charge in [0.25, 0.3) is 0 Å². The van der Waals surface area contributed by atoms with Crippen molar-refractivity contribution in [3.8, 4) is 23.1 Å². The van der Waals surface area contributed by atoms with E-state index in [4.69, 9.17) is 10.5 Å². The zero-order chi connectivity index (χ0) is 16.4. The number of nitrogens with two attached hydrogens (primary N) is 1. The smallest absolute Gasteiger partial charge is 0.233 e. The number of rotatable bonds is 4. The van der Waals surface area contributed by atoms with E-state index in [-0.39, 0.29) is 5.88 Å². The summed E-state index contributed by atoms with van der Waals surface area (Å²) in [6.45, 7) is 2.22. The van der Waals surface area contributed by atoms with Gasteiger partial charge in [0.15, 0.2) is 6.29 Å². The number of aldehydes is 1. The molecule has 3 aromatic rings. The summed E-state index contributed by atoms with van der Waals surface area (Å²) < 4.78 is 5.52. The largest absolute Gasteiger partial charge is 0.477 e. The van der Waals surface area contributed by atoms with Gasteiger partial charge in [0.05, 0.1) is 17.2 Å². The Hall–Kier alpha value is -2.91. The Kier molecular flexibility index (Phi) is 3.96. The molecule has 0 aliphatic heterocycles. The lowest BCUT2D eigenvalue weighted by molar-refractivity contribution is 0.112. The molecule has 0 saturated carbocycles. The van der Waals surface area contributed by atoms with E-state index < -0.39 is 0 Å². The lowest BCUT2D eigenvalue weighted by atomic mass is 9.97. The predicted molar refractivity (Wildman–Crippen MR) is 90.7 cm³/mol. The van der Waals surface area contributed by atoms with Crippen molar-refractivity contribution in [3.63, 3.8) is 0 Å². The topological polar surface area (TPSA) is 89.0 Å². The molecule has 0 unspecified atom stereocenters. The minimum Gasteiger partial charge on any atom is -0.477 e. The van der Waals surface area contributed by atoms with Crippen LogP contribution in [0.1, 0.15) is 22.2 Å². The first-order chi connectivity index (χ1) is 11.2. The lowest BCUT2D eigenvalue weighted by Crippen LogP contribution is -2.00. The molecule has 0 aliphatic carbocycles. The van der Waals surface area contributed by atoms with E-state index in [2.05, 4.69) is 11.1 Å². The summed E-state index contributed by atoms with van der Waals surface area (Å²) in [6, 6.07) is 11.6. The highest BCUT2D eigenvalue weighted by molar-refractivity contribution is 7.21. The van der Waals surface area contributed by atoms with E-state index in [1.165, 1.54) is 11.3 Å². The number of pyridine rings is 1. The number of nitrogen functional groups attached to an aromatic ring is 1. The SMILES string of the molecule is CCOc1nc2sc(C=O)c(N)c2c(-c2ccccc2)c1C#N. The minimum absolute atomic E-state index is 0.264. The van der Waals surface area contributed by atoms with Crippen molar-refractivity contribution in [2.24, 2.45) is 0 Å². The van der Waals surface area contributed by atoms with Crippen LogP contribution in [-0.4, -0.2) is 17.9 Å². The monoisotopic (exact) mass is 323 g/mol. The number of thiophene rings is 1. The van der Waals surface area contributed by atoms with Crippen LogP contribution < -0.4 is 10.5 Å². The van der Waals surface area contributed by atoms with Crippen molar-refractivity contribution in [1.29, 1.82) is 5.26 Å². The number of aromatic nitrogens is 1. The van der Waals surface area contributed by atoms with E-state index >= 15 is 0 Å². The molecule has 6 heteroatoms. The minimum atomic E-state index is 0.264. The molecule has 0 radical (unpaired) electrons. The van der Waals surface area contributed by atoms with Gasteiger partial charge >= 0.3 is 0 Å². The standard InChI is InChI=1S/C17H13N3O2S/c1-2-22-16-11(8-18)13(10-6-4-3-5-7-10)14-15(19)12(9-21)23-17(14)20-16/h3-7,9H,2,19H2,1H3. The van der Waals surface area contributed by atoms with Gasteiger partial charge in [0.2, 0.25) is 5.88 Å². The normalized spacial score (nSPS) is 10.4. The van der Waals surface area contributed by atoms with Crippen molar-refractivity contribution in [1.82, 2.24) is 4.98 Å². The van der Waals surface area contributed by atoms with E-state index in [9.17, 15) is 10.1 Å². The van der Waals surface area contributed by atoms with E-state index in [0.717, 1.165) is 5.56 Å². The number of fused-ring (bicyclic) bond motifs is 1. The molecule has 2 heterocycles. The number of hydrogen-bond acceptors (Lipinski definition) is 6. The summed E-state index contributed by atoms with van der Waals surface area (Å²) in [4.78, 5) is 16.6. The fourth-order valence-corrected chi connectivity index (χ4v) is 3.39. The molecule has 23 heavy (non-hydrogen) atoms. The molecule has 0 atom stereocenters. The Bertz CT molecular complexity index is 927. The number of nitriles is 1. The van der Waals surface area contributed by atoms with Gasteiger partial charge < -0.3 is 10.5 Å². The fraction of sp³-hybridized carbons (Fsp3) is 0.118. The first-order valence-electron chi connectivity index (χ1n) is 7.00. The third-order valence-corrected chi connectivity index (χ3v) is 4.46. The number of ether oxygens (including phenoxy) is 1. The Morgan fingerprint density at radius 3 is 2.74 bits per heavy atom. The molecule has 0 saturated heterocycles. The summed E-state index contributed by atoms with van der Waals surface area (Å²) in [5.74, 6) is 0.264. The van der Waals surface area contributed by atoms with Crippen molar-refractivity contribution < 1.29 is 9.53 Å². The number of nitrogens with zero attached hydrogens (tertiary/aromatic N) is 2. The third kappa shape index (κ3) is 2.41. The zero-order valence-corrected chi connectivity index (χ0v) is 13.2. The van der Waals surface area contributed by atoms with Gasteiger partial charge in [-0.05, 0) is 12.5 Å². The molecule has 2 N–H and O–H groups in total. The average Bonchev–Trinajstić information content (AvgIpc) is 2.90. The molecule has 1 aromatic carbocycles. The first kappa shape index (κ1) is 15.0. The Labute approximate surface area is 136 Å². The second-order valence-corrected chi connectivity index (χ2v) is 5.79. The predicted octanol–water partition coefficient (Wildman–Crippen LogP) is 3.63. The molecule has 0 aliphatic rings. The van der Waals surface area contributed by atoms with Gasteiger partial charge in [-0.3, -0.25) is 4.79 Å². The average molecular weight is 323 g/mol. The Balaban J connectivity index is 2.48. The van der Waals surface area contributed by atoms with Crippen LogP contribution in [0.2, 0.25) is 0 Å². The third-order valence-electron chi connectivity index (χ3n) is 3.43. The zero-order valence-electron chi connectivity index (χ0n) is 12.4. The summed E-state index contributed by atoms with van der Waals surface area (Å²) in [6.07, 6.45) is 0.711. The molecule has 0 amide bonds. The summed E-state index contributed by atoms with van der Waals surface area (Å²) in [5.41, 5.74) is 8.29. The highest BCUT2D eigenvalue weighted by Crippen LogP contribution is 2.43. The molecule has 2 aromatic heterocycles. The molecule has 114 valence electrons. The highest BCUT2D eigenvalue weighted by Gasteiger charge is 2.22.